The summed E-state index contributed by atoms with van der Waals surface area (Å²) in [6.45, 7) is 0.233. The molecule has 152 valence electrons. The highest BCUT2D eigenvalue weighted by atomic mass is 16.5. The zero-order chi connectivity index (χ0) is 20.3. The molecule has 1 saturated heterocycles. The number of carboxylic acid groups (broad SMARTS) is 1. The van der Waals surface area contributed by atoms with Gasteiger partial charge >= 0.3 is 5.97 Å². The number of carboxylic acids is 1. The number of rotatable bonds is 7. The number of benzene rings is 1. The molecule has 1 aromatic rings. The molecule has 2 N–H and O–H groups in total. The summed E-state index contributed by atoms with van der Waals surface area (Å²) in [6, 6.07) is 5.16. The SMILES string of the molecule is COc1ccc(N2CC(C(=O)NC3(CC(=O)O)CCCC3)CC2=O)c(OC)c1. The van der Waals surface area contributed by atoms with E-state index in [1.807, 2.05) is 0 Å². The molecule has 1 aromatic carbocycles. The molecule has 1 heterocycles. The van der Waals surface area contributed by atoms with E-state index in [1.54, 1.807) is 30.2 Å². The van der Waals surface area contributed by atoms with E-state index in [2.05, 4.69) is 5.32 Å². The van der Waals surface area contributed by atoms with Gasteiger partial charge in [-0.15, -0.1) is 0 Å². The maximum absolute atomic E-state index is 12.8. The van der Waals surface area contributed by atoms with E-state index in [-0.39, 0.29) is 31.2 Å². The monoisotopic (exact) mass is 390 g/mol. The van der Waals surface area contributed by atoms with Gasteiger partial charge in [-0.3, -0.25) is 14.4 Å². The molecule has 8 nitrogen and oxygen atoms in total. The number of aliphatic carboxylic acids is 1. The fourth-order valence-electron chi connectivity index (χ4n) is 4.17. The minimum absolute atomic E-state index is 0.0875. The minimum Gasteiger partial charge on any atom is -0.497 e. The second-order valence-electron chi connectivity index (χ2n) is 7.49. The molecule has 0 spiro atoms. The molecule has 0 aromatic heterocycles. The van der Waals surface area contributed by atoms with Crippen LogP contribution in [0.15, 0.2) is 18.2 Å². The van der Waals surface area contributed by atoms with E-state index >= 15 is 0 Å². The Morgan fingerprint density at radius 3 is 2.57 bits per heavy atom. The van der Waals surface area contributed by atoms with E-state index in [0.717, 1.165) is 12.8 Å². The predicted octanol–water partition coefficient (Wildman–Crippen LogP) is 1.96. The van der Waals surface area contributed by atoms with E-state index in [1.165, 1.54) is 7.11 Å². The molecule has 2 amide bonds. The van der Waals surface area contributed by atoms with Crippen LogP contribution in [0.1, 0.15) is 38.5 Å². The van der Waals surface area contributed by atoms with Gasteiger partial charge in [0, 0.05) is 19.0 Å². The smallest absolute Gasteiger partial charge is 0.305 e. The van der Waals surface area contributed by atoms with E-state index in [9.17, 15) is 19.5 Å². The lowest BCUT2D eigenvalue weighted by molar-refractivity contribution is -0.139. The Morgan fingerprint density at radius 2 is 1.96 bits per heavy atom. The van der Waals surface area contributed by atoms with Gasteiger partial charge in [0.2, 0.25) is 11.8 Å². The van der Waals surface area contributed by atoms with Crippen LogP contribution in [-0.2, 0) is 14.4 Å². The molecular weight excluding hydrogens is 364 g/mol. The molecule has 0 radical (unpaired) electrons. The Hall–Kier alpha value is -2.77. The van der Waals surface area contributed by atoms with Crippen LogP contribution in [0.25, 0.3) is 0 Å². The van der Waals surface area contributed by atoms with Gasteiger partial charge in [0.05, 0.1) is 37.8 Å². The van der Waals surface area contributed by atoms with Gasteiger partial charge < -0.3 is 24.8 Å². The second kappa shape index (κ2) is 8.08. The van der Waals surface area contributed by atoms with Crippen LogP contribution in [0.3, 0.4) is 0 Å². The van der Waals surface area contributed by atoms with Crippen LogP contribution in [0.2, 0.25) is 0 Å². The molecule has 3 rings (SSSR count). The number of nitrogens with one attached hydrogen (secondary N) is 1. The molecule has 1 saturated carbocycles. The topological polar surface area (TPSA) is 105 Å². The first kappa shape index (κ1) is 20.0. The highest BCUT2D eigenvalue weighted by molar-refractivity contribution is 6.01. The van der Waals surface area contributed by atoms with Crippen molar-refractivity contribution in [3.8, 4) is 11.5 Å². The highest BCUT2D eigenvalue weighted by Crippen LogP contribution is 2.37. The first-order valence-corrected chi connectivity index (χ1v) is 9.44. The van der Waals surface area contributed by atoms with Crippen molar-refractivity contribution in [1.29, 1.82) is 0 Å². The third kappa shape index (κ3) is 4.05. The van der Waals surface area contributed by atoms with Crippen LogP contribution in [-0.4, -0.2) is 49.2 Å². The van der Waals surface area contributed by atoms with Gasteiger partial charge in [0.25, 0.3) is 0 Å². The van der Waals surface area contributed by atoms with Crippen molar-refractivity contribution in [2.75, 3.05) is 25.7 Å². The Labute approximate surface area is 163 Å². The molecule has 1 aliphatic carbocycles. The lowest BCUT2D eigenvalue weighted by atomic mass is 9.92. The second-order valence-corrected chi connectivity index (χ2v) is 7.49. The molecule has 1 atom stereocenters. The third-order valence-electron chi connectivity index (χ3n) is 5.61. The van der Waals surface area contributed by atoms with Crippen molar-refractivity contribution >= 4 is 23.5 Å². The molecule has 1 unspecified atom stereocenters. The zero-order valence-corrected chi connectivity index (χ0v) is 16.2. The maximum atomic E-state index is 12.8. The van der Waals surface area contributed by atoms with E-state index in [0.29, 0.717) is 30.0 Å². The molecule has 0 bridgehead atoms. The number of carbonyl (C=O) groups excluding carboxylic acids is 2. The minimum atomic E-state index is -0.922. The van der Waals surface area contributed by atoms with Gasteiger partial charge in [-0.1, -0.05) is 12.8 Å². The van der Waals surface area contributed by atoms with Crippen LogP contribution in [0.4, 0.5) is 5.69 Å². The number of ether oxygens (including phenoxy) is 2. The number of carbonyl (C=O) groups is 3. The largest absolute Gasteiger partial charge is 0.497 e. The standard InChI is InChI=1S/C20H26N2O6/c1-27-14-5-6-15(16(10-14)28-2)22-12-13(9-17(22)23)19(26)21-20(11-18(24)25)7-3-4-8-20/h5-6,10,13H,3-4,7-9,11-12H2,1-2H3,(H,21,26)(H,24,25). The van der Waals surface area contributed by atoms with Gasteiger partial charge in [0.1, 0.15) is 11.5 Å². The quantitative estimate of drug-likeness (QED) is 0.737. The number of hydrogen-bond donors (Lipinski definition) is 2. The number of amides is 2. The predicted molar refractivity (Wildman–Crippen MR) is 102 cm³/mol. The van der Waals surface area contributed by atoms with Crippen molar-refractivity contribution in [3.63, 3.8) is 0 Å². The summed E-state index contributed by atoms with van der Waals surface area (Å²) in [5.41, 5.74) is -0.110. The van der Waals surface area contributed by atoms with Gasteiger partial charge in [-0.05, 0) is 25.0 Å². The summed E-state index contributed by atoms with van der Waals surface area (Å²) in [6.07, 6.45) is 3.10. The lowest BCUT2D eigenvalue weighted by Gasteiger charge is -2.30. The maximum Gasteiger partial charge on any atom is 0.305 e. The van der Waals surface area contributed by atoms with Gasteiger partial charge in [-0.2, -0.15) is 0 Å². The fraction of sp³-hybridized carbons (Fsp3) is 0.550. The fourth-order valence-corrected chi connectivity index (χ4v) is 4.17. The molecule has 8 heteroatoms. The number of hydrogen-bond acceptors (Lipinski definition) is 5. The summed E-state index contributed by atoms with van der Waals surface area (Å²) >= 11 is 0. The van der Waals surface area contributed by atoms with Crippen molar-refractivity contribution in [1.82, 2.24) is 5.32 Å². The number of anilines is 1. The zero-order valence-electron chi connectivity index (χ0n) is 16.2. The Bertz CT molecular complexity index is 772. The normalized spacial score (nSPS) is 20.9. The average molecular weight is 390 g/mol. The summed E-state index contributed by atoms with van der Waals surface area (Å²) in [4.78, 5) is 38.2. The van der Waals surface area contributed by atoms with Crippen molar-refractivity contribution in [3.05, 3.63) is 18.2 Å². The summed E-state index contributed by atoms with van der Waals surface area (Å²) in [5.74, 6) is -0.765. The Kier molecular flexibility index (Phi) is 5.76. The van der Waals surface area contributed by atoms with Gasteiger partial charge in [0.15, 0.2) is 0 Å². The first-order valence-electron chi connectivity index (χ1n) is 9.44. The molecule has 2 fully saturated rings. The van der Waals surface area contributed by atoms with E-state index < -0.39 is 17.4 Å². The molecule has 1 aliphatic heterocycles. The average Bonchev–Trinajstić information content (AvgIpc) is 3.27. The molecular formula is C20H26N2O6. The highest BCUT2D eigenvalue weighted by Gasteiger charge is 2.42. The van der Waals surface area contributed by atoms with Crippen molar-refractivity contribution < 1.29 is 29.0 Å². The van der Waals surface area contributed by atoms with Crippen molar-refractivity contribution in [2.45, 2.75) is 44.1 Å². The van der Waals surface area contributed by atoms with Crippen molar-refractivity contribution in [2.24, 2.45) is 5.92 Å². The van der Waals surface area contributed by atoms with Gasteiger partial charge in [-0.25, -0.2) is 0 Å². The van der Waals surface area contributed by atoms with Crippen LogP contribution in [0, 0.1) is 5.92 Å². The number of methoxy groups -OCH3 is 2. The third-order valence-corrected chi connectivity index (χ3v) is 5.61. The Balaban J connectivity index is 1.73. The molecule has 28 heavy (non-hydrogen) atoms. The summed E-state index contributed by atoms with van der Waals surface area (Å²) in [7, 11) is 3.06. The lowest BCUT2D eigenvalue weighted by Crippen LogP contribution is -2.50. The summed E-state index contributed by atoms with van der Waals surface area (Å²) in [5, 5.41) is 12.2. The first-order chi connectivity index (χ1) is 13.4. The van der Waals surface area contributed by atoms with Crippen LogP contribution < -0.4 is 19.7 Å². The van der Waals surface area contributed by atoms with E-state index in [4.69, 9.17) is 9.47 Å². The Morgan fingerprint density at radius 1 is 1.25 bits per heavy atom. The van der Waals surface area contributed by atoms with Crippen LogP contribution in [0.5, 0.6) is 11.5 Å². The summed E-state index contributed by atoms with van der Waals surface area (Å²) < 4.78 is 10.6. The van der Waals surface area contributed by atoms with Crippen LogP contribution >= 0.6 is 0 Å². The number of nitrogens with zero attached hydrogens (tertiary/aromatic N) is 1. The molecule has 2 aliphatic rings.